The quantitative estimate of drug-likeness (QED) is 0.428. The number of hydrogen-bond acceptors (Lipinski definition) is 5. The molecule has 0 saturated heterocycles. The number of imidazole rings is 1. The van der Waals surface area contributed by atoms with E-state index in [1.807, 2.05) is 47.9 Å². The maximum atomic E-state index is 12.1. The molecule has 2 aromatic heterocycles. The fourth-order valence-corrected chi connectivity index (χ4v) is 4.38. The summed E-state index contributed by atoms with van der Waals surface area (Å²) < 4.78 is 32.0. The maximum absolute atomic E-state index is 12.1. The molecule has 4 aromatic rings. The lowest BCUT2D eigenvalue weighted by atomic mass is 10.1. The van der Waals surface area contributed by atoms with Crippen LogP contribution in [0.5, 0.6) is 11.5 Å². The zero-order chi connectivity index (χ0) is 22.0. The summed E-state index contributed by atoms with van der Waals surface area (Å²) >= 11 is 0. The molecule has 0 atom stereocenters. The number of rotatable bonds is 6. The van der Waals surface area contributed by atoms with Crippen molar-refractivity contribution in [3.8, 4) is 28.8 Å². The molecule has 7 heteroatoms. The number of fused-ring (bicyclic) bond motifs is 1. The zero-order valence-electron chi connectivity index (χ0n) is 17.2. The Balaban J connectivity index is 1.67. The van der Waals surface area contributed by atoms with Crippen molar-refractivity contribution in [2.75, 3.05) is 5.75 Å². The molecular formula is C24H21N3O3S. The molecule has 0 aliphatic carbocycles. The van der Waals surface area contributed by atoms with Crippen molar-refractivity contribution in [2.45, 2.75) is 25.2 Å². The Morgan fingerprint density at radius 1 is 1.03 bits per heavy atom. The zero-order valence-corrected chi connectivity index (χ0v) is 18.1. The Morgan fingerprint density at radius 2 is 1.81 bits per heavy atom. The number of hydrogen-bond donors (Lipinski definition) is 0. The van der Waals surface area contributed by atoms with Gasteiger partial charge in [-0.3, -0.25) is 4.40 Å². The lowest BCUT2D eigenvalue weighted by molar-refractivity contribution is 0.481. The van der Waals surface area contributed by atoms with Crippen LogP contribution in [0.15, 0.2) is 71.8 Å². The van der Waals surface area contributed by atoms with Crippen molar-refractivity contribution in [3.63, 3.8) is 0 Å². The second-order valence-electron chi connectivity index (χ2n) is 6.99. The van der Waals surface area contributed by atoms with Gasteiger partial charge >= 0.3 is 0 Å². The first-order chi connectivity index (χ1) is 15.0. The van der Waals surface area contributed by atoms with Gasteiger partial charge in [0.05, 0.1) is 27.6 Å². The van der Waals surface area contributed by atoms with Crippen LogP contribution in [-0.4, -0.2) is 23.6 Å². The molecule has 6 nitrogen and oxygen atoms in total. The van der Waals surface area contributed by atoms with E-state index in [0.29, 0.717) is 22.7 Å². The van der Waals surface area contributed by atoms with Crippen LogP contribution in [-0.2, 0) is 16.3 Å². The largest absolute Gasteiger partial charge is 0.457 e. The first kappa shape index (κ1) is 20.6. The summed E-state index contributed by atoms with van der Waals surface area (Å²) in [5, 5.41) is 9.38. The molecule has 2 aromatic carbocycles. The Bertz CT molecular complexity index is 1400. The van der Waals surface area contributed by atoms with E-state index in [4.69, 9.17) is 4.74 Å². The summed E-state index contributed by atoms with van der Waals surface area (Å²) in [6.07, 6.45) is 2.64. The SMILES string of the molecule is CCc1nc2c(C#N)cccn2c1-c1ccc(Oc2cccc(S(=O)(=O)CC)c2)cc1. The average molecular weight is 432 g/mol. The molecule has 0 fully saturated rings. The van der Waals surface area contributed by atoms with Gasteiger partial charge in [-0.05, 0) is 61.0 Å². The van der Waals surface area contributed by atoms with Crippen LogP contribution in [0.25, 0.3) is 16.9 Å². The van der Waals surface area contributed by atoms with E-state index in [0.717, 1.165) is 23.4 Å². The maximum Gasteiger partial charge on any atom is 0.178 e. The highest BCUT2D eigenvalue weighted by Crippen LogP contribution is 2.30. The van der Waals surface area contributed by atoms with E-state index in [9.17, 15) is 13.7 Å². The van der Waals surface area contributed by atoms with Crippen LogP contribution in [0.2, 0.25) is 0 Å². The number of ether oxygens (including phenoxy) is 1. The molecule has 0 unspecified atom stereocenters. The minimum atomic E-state index is -3.30. The molecule has 0 aliphatic heterocycles. The van der Waals surface area contributed by atoms with E-state index >= 15 is 0 Å². The van der Waals surface area contributed by atoms with E-state index in [2.05, 4.69) is 11.1 Å². The van der Waals surface area contributed by atoms with Crippen LogP contribution in [0.4, 0.5) is 0 Å². The second kappa shape index (κ2) is 8.25. The fraction of sp³-hybridized carbons (Fsp3) is 0.167. The number of sulfone groups is 1. The van der Waals surface area contributed by atoms with Crippen LogP contribution < -0.4 is 4.74 Å². The molecule has 2 heterocycles. The van der Waals surface area contributed by atoms with Gasteiger partial charge in [0.15, 0.2) is 15.5 Å². The van der Waals surface area contributed by atoms with Crippen LogP contribution in [0, 0.1) is 11.3 Å². The minimum Gasteiger partial charge on any atom is -0.457 e. The standard InChI is InChI=1S/C24H21N3O3S/c1-3-22-23(27-14-6-7-18(16-25)24(27)26-22)17-10-12-19(13-11-17)30-20-8-5-9-21(15-20)31(28,29)4-2/h5-15H,3-4H2,1-2H3. The van der Waals surface area contributed by atoms with Crippen molar-refractivity contribution in [3.05, 3.63) is 78.1 Å². The third-order valence-corrected chi connectivity index (χ3v) is 6.82. The predicted octanol–water partition coefficient (Wildman–Crippen LogP) is 5.02. The van der Waals surface area contributed by atoms with E-state index < -0.39 is 9.84 Å². The Labute approximate surface area is 181 Å². The molecule has 0 spiro atoms. The predicted molar refractivity (Wildman–Crippen MR) is 119 cm³/mol. The van der Waals surface area contributed by atoms with Gasteiger partial charge in [0.1, 0.15) is 17.6 Å². The molecule has 0 radical (unpaired) electrons. The topological polar surface area (TPSA) is 84.5 Å². The fourth-order valence-electron chi connectivity index (χ4n) is 3.47. The van der Waals surface area contributed by atoms with E-state index in [-0.39, 0.29) is 10.6 Å². The third kappa shape index (κ3) is 3.90. The van der Waals surface area contributed by atoms with E-state index in [1.165, 1.54) is 6.07 Å². The van der Waals surface area contributed by atoms with Crippen LogP contribution in [0.3, 0.4) is 0 Å². The summed E-state index contributed by atoms with van der Waals surface area (Å²) in [6, 6.07) is 19.8. The van der Waals surface area contributed by atoms with Gasteiger partial charge in [0.2, 0.25) is 0 Å². The molecule has 0 N–H and O–H groups in total. The van der Waals surface area contributed by atoms with Crippen LogP contribution >= 0.6 is 0 Å². The highest BCUT2D eigenvalue weighted by atomic mass is 32.2. The van der Waals surface area contributed by atoms with Crippen molar-refractivity contribution in [2.24, 2.45) is 0 Å². The first-order valence-electron chi connectivity index (χ1n) is 9.98. The number of aryl methyl sites for hydroxylation is 1. The number of benzene rings is 2. The molecule has 0 aliphatic rings. The smallest absolute Gasteiger partial charge is 0.178 e. The summed E-state index contributed by atoms with van der Waals surface area (Å²) in [5.41, 5.74) is 3.98. The van der Waals surface area contributed by atoms with Gasteiger partial charge in [-0.2, -0.15) is 5.26 Å². The van der Waals surface area contributed by atoms with Gasteiger partial charge in [-0.15, -0.1) is 0 Å². The summed E-state index contributed by atoms with van der Waals surface area (Å²) in [4.78, 5) is 4.91. The van der Waals surface area contributed by atoms with Gasteiger partial charge in [0, 0.05) is 11.8 Å². The Kier molecular flexibility index (Phi) is 5.49. The normalized spacial score (nSPS) is 11.4. The molecule has 0 bridgehead atoms. The van der Waals surface area contributed by atoms with Crippen molar-refractivity contribution in [1.29, 1.82) is 5.26 Å². The second-order valence-corrected chi connectivity index (χ2v) is 9.27. The van der Waals surface area contributed by atoms with E-state index in [1.54, 1.807) is 31.2 Å². The Hall–Kier alpha value is -3.63. The van der Waals surface area contributed by atoms with Crippen molar-refractivity contribution >= 4 is 15.5 Å². The van der Waals surface area contributed by atoms with Crippen molar-refractivity contribution < 1.29 is 13.2 Å². The molecule has 4 rings (SSSR count). The lowest BCUT2D eigenvalue weighted by Crippen LogP contribution is -2.03. The van der Waals surface area contributed by atoms with Gasteiger partial charge in [-0.1, -0.05) is 19.9 Å². The molecule has 156 valence electrons. The van der Waals surface area contributed by atoms with Gasteiger partial charge < -0.3 is 4.74 Å². The highest BCUT2D eigenvalue weighted by molar-refractivity contribution is 7.91. The summed E-state index contributed by atoms with van der Waals surface area (Å²) in [5.74, 6) is 1.10. The first-order valence-corrected chi connectivity index (χ1v) is 11.6. The lowest BCUT2D eigenvalue weighted by Gasteiger charge is -2.09. The molecular weight excluding hydrogens is 410 g/mol. The molecule has 0 saturated carbocycles. The number of nitriles is 1. The minimum absolute atomic E-state index is 0.0394. The third-order valence-electron chi connectivity index (χ3n) is 5.09. The highest BCUT2D eigenvalue weighted by Gasteiger charge is 2.16. The Morgan fingerprint density at radius 3 is 2.48 bits per heavy atom. The van der Waals surface area contributed by atoms with Crippen molar-refractivity contribution in [1.82, 2.24) is 9.38 Å². The number of aromatic nitrogens is 2. The number of pyridine rings is 1. The van der Waals surface area contributed by atoms with Crippen LogP contribution in [0.1, 0.15) is 25.1 Å². The summed E-state index contributed by atoms with van der Waals surface area (Å²) in [6.45, 7) is 3.65. The van der Waals surface area contributed by atoms with Gasteiger partial charge in [-0.25, -0.2) is 13.4 Å². The number of nitrogens with zero attached hydrogens (tertiary/aromatic N) is 3. The molecule has 0 amide bonds. The summed E-state index contributed by atoms with van der Waals surface area (Å²) in [7, 11) is -3.30. The molecule has 31 heavy (non-hydrogen) atoms. The van der Waals surface area contributed by atoms with Gasteiger partial charge in [0.25, 0.3) is 0 Å². The average Bonchev–Trinajstić information content (AvgIpc) is 3.18. The monoisotopic (exact) mass is 431 g/mol.